The van der Waals surface area contributed by atoms with Crippen LogP contribution in [0.4, 0.5) is 0 Å². The van der Waals surface area contributed by atoms with Gasteiger partial charge in [-0.2, -0.15) is 0 Å². The number of ether oxygens (including phenoxy) is 1. The van der Waals surface area contributed by atoms with Crippen molar-refractivity contribution >= 4 is 5.97 Å². The maximum absolute atomic E-state index is 12.8. The van der Waals surface area contributed by atoms with Crippen LogP contribution in [0.15, 0.2) is 11.1 Å². The van der Waals surface area contributed by atoms with Crippen LogP contribution in [-0.2, 0) is 9.53 Å². The molecule has 3 saturated heterocycles. The topological polar surface area (TPSA) is 32.8 Å². The van der Waals surface area contributed by atoms with Crippen LogP contribution in [0, 0.1) is 17.3 Å². The summed E-state index contributed by atoms with van der Waals surface area (Å²) in [7, 11) is 0. The molecule has 5 aliphatic rings. The van der Waals surface area contributed by atoms with Crippen LogP contribution in [0.2, 0.25) is 0 Å². The van der Waals surface area contributed by atoms with E-state index in [4.69, 9.17) is 4.74 Å². The van der Waals surface area contributed by atoms with Crippen molar-refractivity contribution in [2.45, 2.75) is 90.2 Å². The zero-order valence-electron chi connectivity index (χ0n) is 18.6. The van der Waals surface area contributed by atoms with Crippen LogP contribution in [0.1, 0.15) is 78.1 Å². The van der Waals surface area contributed by atoms with Crippen LogP contribution < -0.4 is 0 Å². The normalized spacial score (nSPS) is 39.9. The number of fused-ring (bicyclic) bond motifs is 2. The lowest BCUT2D eigenvalue weighted by atomic mass is 9.59. The Morgan fingerprint density at radius 3 is 2.59 bits per heavy atom. The highest BCUT2D eigenvalue weighted by Crippen LogP contribution is 2.55. The second-order valence-corrected chi connectivity index (χ2v) is 11.0. The number of carbonyl (C=O) groups excluding carboxylic acids is 1. The first-order valence-corrected chi connectivity index (χ1v) is 12.4. The number of piperidine rings is 2. The van der Waals surface area contributed by atoms with Gasteiger partial charge in [0.2, 0.25) is 0 Å². The molecule has 3 heterocycles. The van der Waals surface area contributed by atoms with Gasteiger partial charge in [-0.1, -0.05) is 24.5 Å². The van der Waals surface area contributed by atoms with E-state index in [-0.39, 0.29) is 23.4 Å². The summed E-state index contributed by atoms with van der Waals surface area (Å²) in [6.45, 7) is 10.6. The van der Waals surface area contributed by atoms with Gasteiger partial charge in [0, 0.05) is 18.5 Å². The van der Waals surface area contributed by atoms with Crippen LogP contribution in [0.3, 0.4) is 0 Å². The summed E-state index contributed by atoms with van der Waals surface area (Å²) in [6, 6.07) is 0.778. The van der Waals surface area contributed by atoms with Crippen LogP contribution >= 0.6 is 0 Å². The highest BCUT2D eigenvalue weighted by Gasteiger charge is 2.53. The standard InChI is InChI=1S/C25H40N2O2/c1-18-7-6-10-25(2)16-23-20(15-22(18)25)21(24(28)29-23)17-26-13-8-19(9-14-26)27-11-4-3-5-12-27/h19-21,23H,3-17H2,1-2H3/t20-,21?,23-,25-/m1/s1. The lowest BCUT2D eigenvalue weighted by Crippen LogP contribution is -2.48. The van der Waals surface area contributed by atoms with E-state index in [1.807, 2.05) is 0 Å². The van der Waals surface area contributed by atoms with Gasteiger partial charge >= 0.3 is 5.97 Å². The number of hydrogen-bond donors (Lipinski definition) is 0. The van der Waals surface area contributed by atoms with Crippen molar-refractivity contribution in [3.05, 3.63) is 11.1 Å². The Labute approximate surface area is 177 Å². The summed E-state index contributed by atoms with van der Waals surface area (Å²) < 4.78 is 5.99. The summed E-state index contributed by atoms with van der Waals surface area (Å²) in [6.07, 6.45) is 12.9. The predicted octanol–water partition coefficient (Wildman–Crippen LogP) is 4.40. The fourth-order valence-corrected chi connectivity index (χ4v) is 7.35. The van der Waals surface area contributed by atoms with Crippen molar-refractivity contribution < 1.29 is 9.53 Å². The zero-order chi connectivity index (χ0) is 20.0. The molecule has 0 radical (unpaired) electrons. The number of carbonyl (C=O) groups is 1. The average molecular weight is 401 g/mol. The molecule has 0 aromatic rings. The molecule has 4 nitrogen and oxygen atoms in total. The largest absolute Gasteiger partial charge is 0.462 e. The van der Waals surface area contributed by atoms with Gasteiger partial charge in [0.1, 0.15) is 6.10 Å². The first-order chi connectivity index (χ1) is 14.0. The van der Waals surface area contributed by atoms with E-state index in [0.29, 0.717) is 5.92 Å². The lowest BCUT2D eigenvalue weighted by molar-refractivity contribution is -0.145. The number of hydrogen-bond acceptors (Lipinski definition) is 4. The number of nitrogens with zero attached hydrogens (tertiary/aromatic N) is 2. The van der Waals surface area contributed by atoms with E-state index in [1.165, 1.54) is 64.5 Å². The quantitative estimate of drug-likeness (QED) is 0.519. The third-order valence-electron chi connectivity index (χ3n) is 9.10. The van der Waals surface area contributed by atoms with E-state index in [2.05, 4.69) is 23.6 Å². The molecule has 0 spiro atoms. The molecule has 1 unspecified atom stereocenters. The Bertz CT molecular complexity index is 660. The third kappa shape index (κ3) is 3.80. The van der Waals surface area contributed by atoms with Crippen molar-refractivity contribution in [1.82, 2.24) is 9.80 Å². The molecule has 29 heavy (non-hydrogen) atoms. The summed E-state index contributed by atoms with van der Waals surface area (Å²) in [4.78, 5) is 18.2. The fourth-order valence-electron chi connectivity index (χ4n) is 7.35. The molecule has 0 N–H and O–H groups in total. The number of allylic oxidation sites excluding steroid dienone is 2. The molecule has 3 aliphatic heterocycles. The number of likely N-dealkylation sites (tertiary alicyclic amines) is 2. The minimum absolute atomic E-state index is 0.0957. The van der Waals surface area contributed by atoms with Crippen molar-refractivity contribution in [3.8, 4) is 0 Å². The molecular formula is C25H40N2O2. The van der Waals surface area contributed by atoms with Gasteiger partial charge < -0.3 is 14.5 Å². The Balaban J connectivity index is 1.21. The van der Waals surface area contributed by atoms with Gasteiger partial charge in [-0.15, -0.1) is 0 Å². The molecule has 4 heteroatoms. The van der Waals surface area contributed by atoms with Crippen molar-refractivity contribution in [2.24, 2.45) is 17.3 Å². The monoisotopic (exact) mass is 400 g/mol. The van der Waals surface area contributed by atoms with E-state index in [0.717, 1.165) is 38.5 Å². The molecule has 4 atom stereocenters. The van der Waals surface area contributed by atoms with Gasteiger partial charge in [-0.25, -0.2) is 0 Å². The highest BCUT2D eigenvalue weighted by molar-refractivity contribution is 5.76. The average Bonchev–Trinajstić information content (AvgIpc) is 3.01. The Hall–Kier alpha value is -0.870. The minimum atomic E-state index is 0.0957. The SMILES string of the molecule is CC1=C2C[C@@H]3C(CN4CCC(N5CCCCC5)CC4)C(=O)O[C@@H]3C[C@@]2(C)CCC1. The molecule has 0 aromatic heterocycles. The molecule has 162 valence electrons. The molecule has 4 fully saturated rings. The minimum Gasteiger partial charge on any atom is -0.462 e. The molecule has 1 saturated carbocycles. The van der Waals surface area contributed by atoms with Crippen molar-refractivity contribution in [2.75, 3.05) is 32.7 Å². The summed E-state index contributed by atoms with van der Waals surface area (Å²) >= 11 is 0. The van der Waals surface area contributed by atoms with E-state index < -0.39 is 0 Å². The lowest BCUT2D eigenvalue weighted by Gasteiger charge is -2.46. The Morgan fingerprint density at radius 2 is 1.83 bits per heavy atom. The number of esters is 1. The second kappa shape index (κ2) is 8.00. The predicted molar refractivity (Wildman–Crippen MR) is 116 cm³/mol. The van der Waals surface area contributed by atoms with E-state index >= 15 is 0 Å². The second-order valence-electron chi connectivity index (χ2n) is 11.0. The van der Waals surface area contributed by atoms with Gasteiger partial charge in [0.05, 0.1) is 5.92 Å². The highest BCUT2D eigenvalue weighted by atomic mass is 16.6. The summed E-state index contributed by atoms with van der Waals surface area (Å²) in [5, 5.41) is 0. The fraction of sp³-hybridized carbons (Fsp3) is 0.880. The first kappa shape index (κ1) is 20.1. The number of rotatable bonds is 3. The molecule has 0 aromatic carbocycles. The van der Waals surface area contributed by atoms with E-state index in [9.17, 15) is 4.79 Å². The molecular weight excluding hydrogens is 360 g/mol. The summed E-state index contributed by atoms with van der Waals surface area (Å²) in [5.74, 6) is 0.607. The van der Waals surface area contributed by atoms with Crippen molar-refractivity contribution in [1.29, 1.82) is 0 Å². The van der Waals surface area contributed by atoms with Gasteiger partial charge in [0.15, 0.2) is 0 Å². The third-order valence-corrected chi connectivity index (χ3v) is 9.10. The van der Waals surface area contributed by atoms with Crippen LogP contribution in [0.5, 0.6) is 0 Å². The van der Waals surface area contributed by atoms with Gasteiger partial charge in [0.25, 0.3) is 0 Å². The molecule has 0 bridgehead atoms. The molecule has 2 aliphatic carbocycles. The summed E-state index contributed by atoms with van der Waals surface area (Å²) in [5.41, 5.74) is 3.57. The zero-order valence-corrected chi connectivity index (χ0v) is 18.6. The van der Waals surface area contributed by atoms with Gasteiger partial charge in [-0.05, 0) is 96.3 Å². The molecule has 5 rings (SSSR count). The first-order valence-electron chi connectivity index (χ1n) is 12.4. The molecule has 0 amide bonds. The van der Waals surface area contributed by atoms with Crippen LogP contribution in [-0.4, -0.2) is 60.6 Å². The maximum atomic E-state index is 12.8. The van der Waals surface area contributed by atoms with Crippen molar-refractivity contribution in [3.63, 3.8) is 0 Å². The van der Waals surface area contributed by atoms with Crippen LogP contribution in [0.25, 0.3) is 0 Å². The smallest absolute Gasteiger partial charge is 0.310 e. The maximum Gasteiger partial charge on any atom is 0.310 e. The Morgan fingerprint density at radius 1 is 1.07 bits per heavy atom. The van der Waals surface area contributed by atoms with E-state index in [1.54, 1.807) is 11.1 Å². The Kier molecular flexibility index (Phi) is 5.53. The van der Waals surface area contributed by atoms with Gasteiger partial charge in [-0.3, -0.25) is 4.79 Å².